The van der Waals surface area contributed by atoms with Crippen molar-refractivity contribution in [3.05, 3.63) is 66.9 Å². The maximum absolute atomic E-state index is 13.2. The first-order valence-electron chi connectivity index (χ1n) is 6.39. The van der Waals surface area contributed by atoms with Crippen LogP contribution >= 0.6 is 38.5 Å². The molecule has 0 amide bonds. The topological polar surface area (TPSA) is 12.0 Å². The van der Waals surface area contributed by atoms with Crippen molar-refractivity contribution in [2.45, 2.75) is 19.4 Å². The van der Waals surface area contributed by atoms with E-state index in [-0.39, 0.29) is 11.9 Å². The Morgan fingerprint density at radius 2 is 2.05 bits per heavy atom. The van der Waals surface area contributed by atoms with Gasteiger partial charge in [-0.1, -0.05) is 40.2 Å². The third-order valence-corrected chi connectivity index (χ3v) is 5.60. The highest BCUT2D eigenvalue weighted by Gasteiger charge is 2.15. The summed E-state index contributed by atoms with van der Waals surface area (Å²) in [5.41, 5.74) is 3.66. The Labute approximate surface area is 141 Å². The van der Waals surface area contributed by atoms with Crippen LogP contribution in [0.4, 0.5) is 4.39 Å². The summed E-state index contributed by atoms with van der Waals surface area (Å²) in [5, 5.41) is 3.36. The lowest BCUT2D eigenvalue weighted by molar-refractivity contribution is 0.584. The van der Waals surface area contributed by atoms with Crippen LogP contribution in [0.25, 0.3) is 0 Å². The summed E-state index contributed by atoms with van der Waals surface area (Å²) in [4.78, 5) is 0. The summed E-state index contributed by atoms with van der Waals surface area (Å²) in [6, 6.07) is 11.4. The van der Waals surface area contributed by atoms with Gasteiger partial charge in [-0.2, -0.15) is 0 Å². The van der Waals surface area contributed by atoms with Gasteiger partial charge in [-0.25, -0.2) is 4.39 Å². The summed E-state index contributed by atoms with van der Waals surface area (Å²) in [5.74, 6) is -0.216. The molecule has 0 aliphatic rings. The van der Waals surface area contributed by atoms with Crippen LogP contribution in [0.15, 0.2) is 40.9 Å². The highest BCUT2D eigenvalue weighted by molar-refractivity contribution is 14.1. The van der Waals surface area contributed by atoms with Crippen molar-refractivity contribution in [1.29, 1.82) is 0 Å². The van der Waals surface area contributed by atoms with E-state index < -0.39 is 0 Å². The smallest absolute Gasteiger partial charge is 0.124 e. The molecule has 0 aliphatic carbocycles. The zero-order valence-electron chi connectivity index (χ0n) is 11.4. The Balaban J connectivity index is 2.31. The predicted octanol–water partition coefficient (Wildman–Crippen LogP) is 5.00. The normalized spacial score (nSPS) is 12.4. The molecule has 1 atom stereocenters. The SMILES string of the molecule is CNC(Cc1ccc(F)cc1Br)c1cccc(C)c1I. The Kier molecular flexibility index (Phi) is 5.57. The highest BCUT2D eigenvalue weighted by Crippen LogP contribution is 2.28. The number of rotatable bonds is 4. The number of halogens is 3. The lowest BCUT2D eigenvalue weighted by Crippen LogP contribution is -2.20. The van der Waals surface area contributed by atoms with Crippen molar-refractivity contribution in [3.63, 3.8) is 0 Å². The van der Waals surface area contributed by atoms with Gasteiger partial charge in [0, 0.05) is 14.1 Å². The van der Waals surface area contributed by atoms with Gasteiger partial charge in [0.2, 0.25) is 0 Å². The Morgan fingerprint density at radius 3 is 2.70 bits per heavy atom. The van der Waals surface area contributed by atoms with Crippen molar-refractivity contribution in [2.75, 3.05) is 7.05 Å². The number of aryl methyl sites for hydroxylation is 1. The lowest BCUT2D eigenvalue weighted by atomic mass is 9.98. The van der Waals surface area contributed by atoms with Crippen LogP contribution in [0.3, 0.4) is 0 Å². The molecule has 0 radical (unpaired) electrons. The van der Waals surface area contributed by atoms with E-state index in [0.29, 0.717) is 0 Å². The first kappa shape index (κ1) is 15.9. The van der Waals surface area contributed by atoms with Gasteiger partial charge in [0.25, 0.3) is 0 Å². The molecule has 0 aromatic heterocycles. The third kappa shape index (κ3) is 3.59. The maximum Gasteiger partial charge on any atom is 0.124 e. The Hall–Kier alpha value is -0.460. The summed E-state index contributed by atoms with van der Waals surface area (Å²) < 4.78 is 15.3. The van der Waals surface area contributed by atoms with Crippen molar-refractivity contribution in [3.8, 4) is 0 Å². The minimum absolute atomic E-state index is 0.212. The first-order valence-corrected chi connectivity index (χ1v) is 8.26. The average Bonchev–Trinajstić information content (AvgIpc) is 2.42. The van der Waals surface area contributed by atoms with Gasteiger partial charge >= 0.3 is 0 Å². The van der Waals surface area contributed by atoms with E-state index in [1.165, 1.54) is 26.8 Å². The van der Waals surface area contributed by atoms with Crippen LogP contribution in [0, 0.1) is 16.3 Å². The monoisotopic (exact) mass is 447 g/mol. The number of likely N-dealkylation sites (N-methyl/N-ethyl adjacent to an activating group) is 1. The van der Waals surface area contributed by atoms with Gasteiger partial charge in [-0.3, -0.25) is 0 Å². The average molecular weight is 448 g/mol. The fourth-order valence-corrected chi connectivity index (χ4v) is 3.46. The molecular formula is C16H16BrFIN. The molecular weight excluding hydrogens is 432 g/mol. The minimum atomic E-state index is -0.216. The molecule has 0 bridgehead atoms. The second kappa shape index (κ2) is 7.00. The molecule has 2 aromatic carbocycles. The molecule has 4 heteroatoms. The van der Waals surface area contributed by atoms with Gasteiger partial charge < -0.3 is 5.32 Å². The van der Waals surface area contributed by atoms with Crippen LogP contribution < -0.4 is 5.32 Å². The molecule has 2 rings (SSSR count). The molecule has 20 heavy (non-hydrogen) atoms. The van der Waals surface area contributed by atoms with Gasteiger partial charge in [-0.15, -0.1) is 0 Å². The number of hydrogen-bond donors (Lipinski definition) is 1. The molecule has 0 saturated heterocycles. The molecule has 1 nitrogen and oxygen atoms in total. The largest absolute Gasteiger partial charge is 0.313 e. The van der Waals surface area contributed by atoms with Crippen LogP contribution in [0.5, 0.6) is 0 Å². The second-order valence-electron chi connectivity index (χ2n) is 4.76. The van der Waals surface area contributed by atoms with Gasteiger partial charge in [0.1, 0.15) is 5.82 Å². The van der Waals surface area contributed by atoms with Crippen molar-refractivity contribution < 1.29 is 4.39 Å². The highest BCUT2D eigenvalue weighted by atomic mass is 127. The fraction of sp³-hybridized carbons (Fsp3) is 0.250. The summed E-state index contributed by atoms with van der Waals surface area (Å²) in [7, 11) is 1.96. The molecule has 0 aliphatic heterocycles. The van der Waals surface area contributed by atoms with E-state index in [1.807, 2.05) is 13.1 Å². The molecule has 2 aromatic rings. The second-order valence-corrected chi connectivity index (χ2v) is 6.69. The standard InChI is InChI=1S/C16H16BrFIN/c1-10-4-3-5-13(16(10)19)15(20-2)8-11-6-7-12(18)9-14(11)17/h3-7,9,15,20H,8H2,1-2H3. The van der Waals surface area contributed by atoms with E-state index in [1.54, 1.807) is 0 Å². The maximum atomic E-state index is 13.2. The van der Waals surface area contributed by atoms with Crippen molar-refractivity contribution >= 4 is 38.5 Å². The molecule has 0 fully saturated rings. The van der Waals surface area contributed by atoms with E-state index in [0.717, 1.165) is 16.5 Å². The van der Waals surface area contributed by atoms with E-state index >= 15 is 0 Å². The third-order valence-electron chi connectivity index (χ3n) is 3.38. The number of nitrogens with one attached hydrogen (secondary N) is 1. The minimum Gasteiger partial charge on any atom is -0.313 e. The van der Waals surface area contributed by atoms with Crippen LogP contribution in [-0.2, 0) is 6.42 Å². The Bertz CT molecular complexity index is 615. The number of benzene rings is 2. The van der Waals surface area contributed by atoms with E-state index in [9.17, 15) is 4.39 Å². The molecule has 1 unspecified atom stereocenters. The van der Waals surface area contributed by atoms with E-state index in [2.05, 4.69) is 69.0 Å². The van der Waals surface area contributed by atoms with Crippen LogP contribution in [-0.4, -0.2) is 7.05 Å². The van der Waals surface area contributed by atoms with Gasteiger partial charge in [-0.05, 0) is 71.8 Å². The quantitative estimate of drug-likeness (QED) is 0.650. The van der Waals surface area contributed by atoms with Crippen molar-refractivity contribution in [1.82, 2.24) is 5.32 Å². The number of hydrogen-bond acceptors (Lipinski definition) is 1. The molecule has 106 valence electrons. The summed E-state index contributed by atoms with van der Waals surface area (Å²) in [6.07, 6.45) is 0.816. The van der Waals surface area contributed by atoms with Gasteiger partial charge in [0.15, 0.2) is 0 Å². The lowest BCUT2D eigenvalue weighted by Gasteiger charge is -2.20. The molecule has 0 heterocycles. The zero-order chi connectivity index (χ0) is 14.7. The van der Waals surface area contributed by atoms with Crippen LogP contribution in [0.2, 0.25) is 0 Å². The first-order chi connectivity index (χ1) is 9.52. The van der Waals surface area contributed by atoms with Crippen molar-refractivity contribution in [2.24, 2.45) is 0 Å². The summed E-state index contributed by atoms with van der Waals surface area (Å²) in [6.45, 7) is 2.12. The molecule has 0 saturated carbocycles. The van der Waals surface area contributed by atoms with E-state index in [4.69, 9.17) is 0 Å². The molecule has 0 spiro atoms. The summed E-state index contributed by atoms with van der Waals surface area (Å²) >= 11 is 5.83. The Morgan fingerprint density at radius 1 is 1.30 bits per heavy atom. The predicted molar refractivity (Wildman–Crippen MR) is 93.5 cm³/mol. The fourth-order valence-electron chi connectivity index (χ4n) is 2.21. The van der Waals surface area contributed by atoms with Gasteiger partial charge in [0.05, 0.1) is 0 Å². The zero-order valence-corrected chi connectivity index (χ0v) is 15.1. The van der Waals surface area contributed by atoms with Crippen LogP contribution in [0.1, 0.15) is 22.7 Å². The molecule has 1 N–H and O–H groups in total.